The minimum Gasteiger partial charge on any atom is -0.484 e. The molecule has 3 aromatic heterocycles. The number of benzene rings is 2. The number of anilines is 2. The van der Waals surface area contributed by atoms with E-state index in [1.807, 2.05) is 42.3 Å². The Bertz CT molecular complexity index is 1580. The molecular weight excluding hydrogens is 437 g/mol. The molecule has 1 atom stereocenters. The van der Waals surface area contributed by atoms with Crippen LogP contribution in [0, 0.1) is 5.82 Å². The Kier molecular flexibility index (Phi) is 4.65. The number of fused-ring (bicyclic) bond motifs is 4. The lowest BCUT2D eigenvalue weighted by Crippen LogP contribution is -2.41. The quantitative estimate of drug-likeness (QED) is 0.428. The molecule has 10 heteroatoms. The molecule has 0 aliphatic carbocycles. The molecule has 0 spiro atoms. The number of aromatic amines is 1. The van der Waals surface area contributed by atoms with Gasteiger partial charge in [-0.1, -0.05) is 18.2 Å². The number of nitrogens with zero attached hydrogens (tertiary/aromatic N) is 5. The van der Waals surface area contributed by atoms with Gasteiger partial charge in [0, 0.05) is 19.3 Å². The van der Waals surface area contributed by atoms with E-state index in [4.69, 9.17) is 4.74 Å². The van der Waals surface area contributed by atoms with Crippen molar-refractivity contribution in [3.8, 4) is 11.4 Å². The van der Waals surface area contributed by atoms with Crippen LogP contribution in [0.2, 0.25) is 0 Å². The van der Waals surface area contributed by atoms with Crippen LogP contribution in [0.5, 0.6) is 5.75 Å². The topological polar surface area (TPSA) is 101 Å². The van der Waals surface area contributed by atoms with Crippen molar-refractivity contribution >= 4 is 33.6 Å². The van der Waals surface area contributed by atoms with E-state index >= 15 is 0 Å². The first-order chi connectivity index (χ1) is 16.6. The predicted molar refractivity (Wildman–Crippen MR) is 127 cm³/mol. The first-order valence-corrected chi connectivity index (χ1v) is 10.8. The summed E-state index contributed by atoms with van der Waals surface area (Å²) >= 11 is 0. The van der Waals surface area contributed by atoms with Crippen LogP contribution in [0.15, 0.2) is 65.7 Å². The molecule has 2 N–H and O–H groups in total. The Morgan fingerprint density at radius 3 is 2.88 bits per heavy atom. The number of likely N-dealkylation sites (N-methyl/N-ethyl adjacent to an activating group) is 1. The molecular formula is C24H20FN7O2. The number of hydrogen-bond acceptors (Lipinski definition) is 7. The molecule has 0 radical (unpaired) electrons. The summed E-state index contributed by atoms with van der Waals surface area (Å²) in [4.78, 5) is 24.4. The van der Waals surface area contributed by atoms with E-state index in [0.717, 1.165) is 5.69 Å². The molecule has 1 aliphatic rings. The fourth-order valence-electron chi connectivity index (χ4n) is 4.32. The van der Waals surface area contributed by atoms with Crippen LogP contribution in [0.4, 0.5) is 16.0 Å². The Balaban J connectivity index is 1.36. The zero-order chi connectivity index (χ0) is 23.2. The van der Waals surface area contributed by atoms with E-state index in [0.29, 0.717) is 52.4 Å². The third-order valence-electron chi connectivity index (χ3n) is 5.93. The smallest absolute Gasteiger partial charge is 0.267 e. The minimum atomic E-state index is -0.345. The summed E-state index contributed by atoms with van der Waals surface area (Å²) in [7, 11) is 1.94. The molecule has 9 nitrogen and oxygen atoms in total. The maximum Gasteiger partial charge on any atom is 0.267 e. The highest BCUT2D eigenvalue weighted by atomic mass is 19.1. The van der Waals surface area contributed by atoms with Crippen molar-refractivity contribution in [2.24, 2.45) is 0 Å². The van der Waals surface area contributed by atoms with E-state index in [2.05, 4.69) is 25.5 Å². The molecule has 34 heavy (non-hydrogen) atoms. The zero-order valence-corrected chi connectivity index (χ0v) is 18.2. The van der Waals surface area contributed by atoms with Crippen molar-refractivity contribution in [2.75, 3.05) is 30.4 Å². The van der Waals surface area contributed by atoms with E-state index in [1.165, 1.54) is 18.3 Å². The van der Waals surface area contributed by atoms with Gasteiger partial charge in [0.05, 0.1) is 47.0 Å². The maximum atomic E-state index is 13.7. The fourth-order valence-corrected chi connectivity index (χ4v) is 4.32. The van der Waals surface area contributed by atoms with E-state index in [9.17, 15) is 9.18 Å². The van der Waals surface area contributed by atoms with Crippen LogP contribution >= 0.6 is 0 Å². The van der Waals surface area contributed by atoms with Gasteiger partial charge in [0.1, 0.15) is 17.7 Å². The molecule has 0 bridgehead atoms. The predicted octanol–water partition coefficient (Wildman–Crippen LogP) is 3.11. The number of ether oxygens (including phenoxy) is 1. The summed E-state index contributed by atoms with van der Waals surface area (Å²) in [5, 5.41) is 11.3. The first-order valence-electron chi connectivity index (χ1n) is 10.8. The SMILES string of the molecule is CN1CC(CNc2ncc3c4[nH]ncc4c(=O)n(-c4ccccc4)c3n2)Oc2cc(F)ccc21. The molecule has 5 aromatic rings. The summed E-state index contributed by atoms with van der Waals surface area (Å²) in [5.74, 6) is 0.508. The van der Waals surface area contributed by atoms with Gasteiger partial charge in [0.15, 0.2) is 5.65 Å². The molecule has 6 rings (SSSR count). The molecule has 0 amide bonds. The molecule has 0 fully saturated rings. The molecule has 170 valence electrons. The molecule has 0 saturated carbocycles. The number of H-pyrrole nitrogens is 1. The standard InChI is InChI=1S/C24H20FN7O2/c1-31-13-16(34-20-9-14(25)7-8-19(20)31)10-26-24-27-11-17-21-18(12-28-30-21)23(33)32(22(17)29-24)15-5-3-2-4-6-15/h2-9,11-12,16H,10,13H2,1H3,(H,28,30)(H,26,27,29). The molecule has 2 aromatic carbocycles. The van der Waals surface area contributed by atoms with Crippen molar-refractivity contribution in [3.63, 3.8) is 0 Å². The lowest BCUT2D eigenvalue weighted by atomic mass is 10.2. The number of nitrogens with one attached hydrogen (secondary N) is 2. The van der Waals surface area contributed by atoms with Crippen LogP contribution in [-0.4, -0.2) is 51.0 Å². The number of para-hydroxylation sites is 1. The number of hydrogen-bond donors (Lipinski definition) is 2. The van der Waals surface area contributed by atoms with Crippen LogP contribution in [0.25, 0.3) is 27.6 Å². The fraction of sp³-hybridized carbons (Fsp3) is 0.167. The molecule has 1 unspecified atom stereocenters. The van der Waals surface area contributed by atoms with Crippen LogP contribution in [-0.2, 0) is 0 Å². The maximum absolute atomic E-state index is 13.7. The zero-order valence-electron chi connectivity index (χ0n) is 18.2. The second-order valence-corrected chi connectivity index (χ2v) is 8.18. The Morgan fingerprint density at radius 2 is 2.03 bits per heavy atom. The first kappa shape index (κ1) is 20.2. The van der Waals surface area contributed by atoms with Gasteiger partial charge in [0.2, 0.25) is 5.95 Å². The highest BCUT2D eigenvalue weighted by molar-refractivity contribution is 6.02. The summed E-state index contributed by atoms with van der Waals surface area (Å²) in [6.07, 6.45) is 2.94. The van der Waals surface area contributed by atoms with E-state index < -0.39 is 0 Å². The van der Waals surface area contributed by atoms with Gasteiger partial charge in [-0.2, -0.15) is 10.1 Å². The van der Waals surface area contributed by atoms with Crippen molar-refractivity contribution in [1.82, 2.24) is 24.7 Å². The summed E-state index contributed by atoms with van der Waals surface area (Å²) in [6, 6.07) is 13.8. The minimum absolute atomic E-state index is 0.219. The van der Waals surface area contributed by atoms with Gasteiger partial charge in [-0.05, 0) is 24.3 Å². The van der Waals surface area contributed by atoms with Crippen LogP contribution < -0.4 is 20.5 Å². The molecule has 1 aliphatic heterocycles. The van der Waals surface area contributed by atoms with Gasteiger partial charge in [-0.3, -0.25) is 14.5 Å². The number of aromatic nitrogens is 5. The monoisotopic (exact) mass is 457 g/mol. The van der Waals surface area contributed by atoms with E-state index in [-0.39, 0.29) is 17.5 Å². The summed E-state index contributed by atoms with van der Waals surface area (Å²) < 4.78 is 21.2. The third kappa shape index (κ3) is 3.31. The average molecular weight is 457 g/mol. The Labute approximate surface area is 192 Å². The number of pyridine rings is 1. The second-order valence-electron chi connectivity index (χ2n) is 8.18. The lowest BCUT2D eigenvalue weighted by molar-refractivity contribution is 0.207. The third-order valence-corrected chi connectivity index (χ3v) is 5.93. The van der Waals surface area contributed by atoms with E-state index in [1.54, 1.807) is 16.8 Å². The molecule has 0 saturated heterocycles. The van der Waals surface area contributed by atoms with Crippen molar-refractivity contribution < 1.29 is 9.13 Å². The van der Waals surface area contributed by atoms with Gasteiger partial charge < -0.3 is 15.0 Å². The highest BCUT2D eigenvalue weighted by Gasteiger charge is 2.24. The highest BCUT2D eigenvalue weighted by Crippen LogP contribution is 2.33. The Hall–Kier alpha value is -4.47. The number of rotatable bonds is 4. The summed E-state index contributed by atoms with van der Waals surface area (Å²) in [5.41, 5.74) is 2.37. The number of halogens is 1. The average Bonchev–Trinajstić information content (AvgIpc) is 3.34. The Morgan fingerprint density at radius 1 is 1.18 bits per heavy atom. The lowest BCUT2D eigenvalue weighted by Gasteiger charge is -2.33. The van der Waals surface area contributed by atoms with Crippen LogP contribution in [0.1, 0.15) is 0 Å². The van der Waals surface area contributed by atoms with Gasteiger partial charge in [0.25, 0.3) is 5.56 Å². The van der Waals surface area contributed by atoms with Crippen molar-refractivity contribution in [3.05, 3.63) is 77.1 Å². The second kappa shape index (κ2) is 7.84. The van der Waals surface area contributed by atoms with Crippen LogP contribution in [0.3, 0.4) is 0 Å². The van der Waals surface area contributed by atoms with Gasteiger partial charge in [-0.15, -0.1) is 0 Å². The van der Waals surface area contributed by atoms with Gasteiger partial charge in [-0.25, -0.2) is 9.37 Å². The van der Waals surface area contributed by atoms with Crippen molar-refractivity contribution in [2.45, 2.75) is 6.10 Å². The molecule has 4 heterocycles. The summed E-state index contributed by atoms with van der Waals surface area (Å²) in [6.45, 7) is 1.01. The largest absolute Gasteiger partial charge is 0.484 e. The van der Waals surface area contributed by atoms with Crippen molar-refractivity contribution in [1.29, 1.82) is 0 Å². The van der Waals surface area contributed by atoms with Gasteiger partial charge >= 0.3 is 0 Å². The normalized spacial score (nSPS) is 15.4.